The average molecular weight is 271 g/mol. The molecule has 2 aromatic rings. The van der Waals surface area contributed by atoms with Gasteiger partial charge < -0.3 is 14.8 Å². The summed E-state index contributed by atoms with van der Waals surface area (Å²) in [6.07, 6.45) is 1.04. The molecule has 0 atom stereocenters. The number of benzene rings is 2. The maximum absolute atomic E-state index is 5.27. The summed E-state index contributed by atoms with van der Waals surface area (Å²) in [5.41, 5.74) is 3.68. The average Bonchev–Trinajstić information content (AvgIpc) is 2.52. The predicted molar refractivity (Wildman–Crippen MR) is 82.7 cm³/mol. The van der Waals surface area contributed by atoms with E-state index >= 15 is 0 Å². The summed E-state index contributed by atoms with van der Waals surface area (Å²) in [4.78, 5) is 0. The summed E-state index contributed by atoms with van der Waals surface area (Å²) in [7, 11) is 3.32. The van der Waals surface area contributed by atoms with Crippen molar-refractivity contribution in [3.05, 3.63) is 53.6 Å². The Kier molecular flexibility index (Phi) is 4.88. The largest absolute Gasteiger partial charge is 0.497 e. The Bertz CT molecular complexity index is 544. The second-order valence-electron chi connectivity index (χ2n) is 4.58. The van der Waals surface area contributed by atoms with Crippen LogP contribution in [0.15, 0.2) is 42.5 Å². The molecule has 0 aliphatic rings. The fourth-order valence-corrected chi connectivity index (χ4v) is 2.18. The molecule has 0 aromatic heterocycles. The second-order valence-corrected chi connectivity index (χ2v) is 4.58. The van der Waals surface area contributed by atoms with Crippen molar-refractivity contribution in [2.45, 2.75) is 19.9 Å². The molecule has 3 heteroatoms. The van der Waals surface area contributed by atoms with Gasteiger partial charge in [-0.3, -0.25) is 0 Å². The Labute approximate surface area is 120 Å². The monoisotopic (exact) mass is 271 g/mol. The van der Waals surface area contributed by atoms with Gasteiger partial charge in [0.25, 0.3) is 0 Å². The summed E-state index contributed by atoms with van der Waals surface area (Å²) in [6, 6.07) is 14.3. The number of hydrogen-bond donors (Lipinski definition) is 1. The number of methoxy groups -OCH3 is 2. The lowest BCUT2D eigenvalue weighted by atomic mass is 10.1. The van der Waals surface area contributed by atoms with Crippen molar-refractivity contribution in [3.63, 3.8) is 0 Å². The predicted octanol–water partition coefficient (Wildman–Crippen LogP) is 3.88. The van der Waals surface area contributed by atoms with Crippen LogP contribution in [-0.4, -0.2) is 14.2 Å². The molecule has 3 nitrogen and oxygen atoms in total. The zero-order chi connectivity index (χ0) is 14.4. The van der Waals surface area contributed by atoms with Crippen LogP contribution in [0.5, 0.6) is 11.5 Å². The normalized spacial score (nSPS) is 10.2. The highest BCUT2D eigenvalue weighted by Gasteiger charge is 2.03. The highest BCUT2D eigenvalue weighted by atomic mass is 16.5. The van der Waals surface area contributed by atoms with Gasteiger partial charge in [-0.1, -0.05) is 31.2 Å². The fourth-order valence-electron chi connectivity index (χ4n) is 2.18. The van der Waals surface area contributed by atoms with Crippen LogP contribution in [0.3, 0.4) is 0 Å². The Morgan fingerprint density at radius 1 is 0.900 bits per heavy atom. The summed E-state index contributed by atoms with van der Waals surface area (Å²) < 4.78 is 10.5. The quantitative estimate of drug-likeness (QED) is 0.865. The first-order valence-corrected chi connectivity index (χ1v) is 6.80. The topological polar surface area (TPSA) is 30.5 Å². The highest BCUT2D eigenvalue weighted by molar-refractivity contribution is 5.54. The van der Waals surface area contributed by atoms with Crippen LogP contribution >= 0.6 is 0 Å². The van der Waals surface area contributed by atoms with E-state index in [2.05, 4.69) is 36.5 Å². The van der Waals surface area contributed by atoms with E-state index in [4.69, 9.17) is 9.47 Å². The van der Waals surface area contributed by atoms with Gasteiger partial charge in [0.15, 0.2) is 0 Å². The third kappa shape index (κ3) is 3.44. The van der Waals surface area contributed by atoms with E-state index in [1.54, 1.807) is 14.2 Å². The van der Waals surface area contributed by atoms with E-state index < -0.39 is 0 Å². The second kappa shape index (κ2) is 6.85. The van der Waals surface area contributed by atoms with Crippen LogP contribution in [0.25, 0.3) is 0 Å². The van der Waals surface area contributed by atoms with Gasteiger partial charge in [0.1, 0.15) is 11.5 Å². The van der Waals surface area contributed by atoms with Gasteiger partial charge in [0.05, 0.1) is 14.2 Å². The molecule has 0 aliphatic carbocycles. The Morgan fingerprint density at radius 2 is 1.50 bits per heavy atom. The lowest BCUT2D eigenvalue weighted by molar-refractivity contribution is 0.394. The van der Waals surface area contributed by atoms with Gasteiger partial charge in [0, 0.05) is 30.4 Å². The van der Waals surface area contributed by atoms with Crippen LogP contribution in [0.1, 0.15) is 18.1 Å². The number of aryl methyl sites for hydroxylation is 1. The van der Waals surface area contributed by atoms with Gasteiger partial charge in [-0.2, -0.15) is 0 Å². The zero-order valence-corrected chi connectivity index (χ0v) is 12.3. The van der Waals surface area contributed by atoms with Crippen LogP contribution < -0.4 is 14.8 Å². The highest BCUT2D eigenvalue weighted by Crippen LogP contribution is 2.26. The molecule has 0 saturated carbocycles. The van der Waals surface area contributed by atoms with E-state index in [-0.39, 0.29) is 0 Å². The van der Waals surface area contributed by atoms with Gasteiger partial charge in [-0.25, -0.2) is 0 Å². The van der Waals surface area contributed by atoms with E-state index in [1.807, 2.05) is 18.2 Å². The number of nitrogens with one attached hydrogen (secondary N) is 1. The van der Waals surface area contributed by atoms with Crippen LogP contribution in [0.4, 0.5) is 5.69 Å². The maximum Gasteiger partial charge on any atom is 0.124 e. The van der Waals surface area contributed by atoms with Crippen molar-refractivity contribution in [1.29, 1.82) is 0 Å². The molecule has 0 saturated heterocycles. The minimum absolute atomic E-state index is 0.788. The van der Waals surface area contributed by atoms with Crippen molar-refractivity contribution in [2.75, 3.05) is 19.5 Å². The van der Waals surface area contributed by atoms with Crippen molar-refractivity contribution in [1.82, 2.24) is 0 Å². The fraction of sp³-hybridized carbons (Fsp3) is 0.294. The van der Waals surface area contributed by atoms with Crippen molar-refractivity contribution < 1.29 is 9.47 Å². The first-order chi connectivity index (χ1) is 9.76. The van der Waals surface area contributed by atoms with Crippen molar-refractivity contribution >= 4 is 5.69 Å². The van der Waals surface area contributed by atoms with Crippen molar-refractivity contribution in [2.24, 2.45) is 0 Å². The van der Waals surface area contributed by atoms with E-state index in [0.717, 1.165) is 30.2 Å². The van der Waals surface area contributed by atoms with Crippen LogP contribution in [0.2, 0.25) is 0 Å². The van der Waals surface area contributed by atoms with E-state index in [9.17, 15) is 0 Å². The molecule has 0 spiro atoms. The summed E-state index contributed by atoms with van der Waals surface area (Å²) >= 11 is 0. The van der Waals surface area contributed by atoms with E-state index in [1.165, 1.54) is 11.1 Å². The van der Waals surface area contributed by atoms with Gasteiger partial charge in [-0.15, -0.1) is 0 Å². The molecule has 0 radical (unpaired) electrons. The number of anilines is 1. The lowest BCUT2D eigenvalue weighted by Gasteiger charge is -2.12. The van der Waals surface area contributed by atoms with Gasteiger partial charge in [0.2, 0.25) is 0 Å². The molecule has 1 N–H and O–H groups in total. The summed E-state index contributed by atoms with van der Waals surface area (Å²) in [6.45, 7) is 2.97. The number of hydrogen-bond acceptors (Lipinski definition) is 3. The van der Waals surface area contributed by atoms with Gasteiger partial charge >= 0.3 is 0 Å². The van der Waals surface area contributed by atoms with Crippen molar-refractivity contribution in [3.8, 4) is 11.5 Å². The molecule has 2 rings (SSSR count). The molecule has 0 fully saturated rings. The Balaban J connectivity index is 2.14. The number of rotatable bonds is 6. The van der Waals surface area contributed by atoms with Crippen LogP contribution in [-0.2, 0) is 13.0 Å². The third-order valence-electron chi connectivity index (χ3n) is 3.33. The molecule has 0 amide bonds. The number of ether oxygens (including phenoxy) is 2. The smallest absolute Gasteiger partial charge is 0.124 e. The van der Waals surface area contributed by atoms with Gasteiger partial charge in [-0.05, 0) is 17.5 Å². The first kappa shape index (κ1) is 14.3. The molecule has 0 bridgehead atoms. The molecule has 106 valence electrons. The molecule has 0 aliphatic heterocycles. The molecule has 20 heavy (non-hydrogen) atoms. The van der Waals surface area contributed by atoms with Crippen LogP contribution in [0, 0.1) is 0 Å². The van der Waals surface area contributed by atoms with E-state index in [0.29, 0.717) is 0 Å². The molecular formula is C17H21NO2. The Morgan fingerprint density at radius 3 is 2.05 bits per heavy atom. The molecule has 0 heterocycles. The zero-order valence-electron chi connectivity index (χ0n) is 12.3. The standard InChI is InChI=1S/C17H21NO2/c1-4-13-7-5-6-8-14(13)12-18-15-9-16(19-2)11-17(10-15)20-3/h5-11,18H,4,12H2,1-3H3. The lowest BCUT2D eigenvalue weighted by Crippen LogP contribution is -2.03. The summed E-state index contributed by atoms with van der Waals surface area (Å²) in [5, 5.41) is 3.43. The minimum atomic E-state index is 0.788. The molecular weight excluding hydrogens is 250 g/mol. The summed E-state index contributed by atoms with van der Waals surface area (Å²) in [5.74, 6) is 1.58. The first-order valence-electron chi connectivity index (χ1n) is 6.80. The third-order valence-corrected chi connectivity index (χ3v) is 3.33. The SMILES string of the molecule is CCc1ccccc1CNc1cc(OC)cc(OC)c1. The Hall–Kier alpha value is -2.16. The minimum Gasteiger partial charge on any atom is -0.497 e. The molecule has 2 aromatic carbocycles. The molecule has 0 unspecified atom stereocenters. The maximum atomic E-state index is 5.27.